The lowest BCUT2D eigenvalue weighted by atomic mass is 10.2. The van der Waals surface area contributed by atoms with Crippen molar-refractivity contribution in [2.45, 2.75) is 6.54 Å². The first-order valence-electron chi connectivity index (χ1n) is 5.59. The van der Waals surface area contributed by atoms with Crippen molar-refractivity contribution in [3.05, 3.63) is 68.2 Å². The van der Waals surface area contributed by atoms with E-state index in [1.165, 1.54) is 12.1 Å². The van der Waals surface area contributed by atoms with Crippen molar-refractivity contribution < 1.29 is 13.7 Å². The van der Waals surface area contributed by atoms with Gasteiger partial charge in [0.2, 0.25) is 0 Å². The Labute approximate surface area is 121 Å². The Bertz CT molecular complexity index is 665. The molecule has 0 bridgehead atoms. The summed E-state index contributed by atoms with van der Waals surface area (Å²) in [6.07, 6.45) is 0. The summed E-state index contributed by atoms with van der Waals surface area (Å²) < 4.78 is 27.3. The summed E-state index contributed by atoms with van der Waals surface area (Å²) >= 11 is 3.13. The topological polar surface area (TPSA) is 55.2 Å². The molecule has 0 fully saturated rings. The van der Waals surface area contributed by atoms with E-state index in [9.17, 15) is 18.9 Å². The fourth-order valence-corrected chi connectivity index (χ4v) is 2.00. The van der Waals surface area contributed by atoms with E-state index in [0.29, 0.717) is 10.0 Å². The summed E-state index contributed by atoms with van der Waals surface area (Å²) in [6, 6.07) is 7.56. The van der Waals surface area contributed by atoms with Gasteiger partial charge in [0.25, 0.3) is 5.69 Å². The van der Waals surface area contributed by atoms with Crippen molar-refractivity contribution in [2.75, 3.05) is 5.32 Å². The maximum Gasteiger partial charge on any atom is 0.292 e. The zero-order valence-electron chi connectivity index (χ0n) is 10.1. The van der Waals surface area contributed by atoms with Crippen LogP contribution in [0.2, 0.25) is 0 Å². The van der Waals surface area contributed by atoms with E-state index in [2.05, 4.69) is 21.2 Å². The molecule has 0 heterocycles. The van der Waals surface area contributed by atoms with Gasteiger partial charge < -0.3 is 5.32 Å². The number of nitro benzene ring substituents is 1. The molecule has 0 aliphatic heterocycles. The van der Waals surface area contributed by atoms with Crippen LogP contribution in [-0.2, 0) is 6.54 Å². The number of hydrogen-bond donors (Lipinski definition) is 1. The average molecular weight is 343 g/mol. The molecule has 7 heteroatoms. The molecule has 0 aliphatic rings. The van der Waals surface area contributed by atoms with E-state index in [4.69, 9.17) is 0 Å². The van der Waals surface area contributed by atoms with E-state index in [1.807, 2.05) is 0 Å². The van der Waals surface area contributed by atoms with E-state index < -0.39 is 16.6 Å². The number of hydrogen-bond acceptors (Lipinski definition) is 3. The third-order valence-electron chi connectivity index (χ3n) is 2.64. The highest BCUT2D eigenvalue weighted by Crippen LogP contribution is 2.26. The molecule has 4 nitrogen and oxygen atoms in total. The molecule has 2 aromatic carbocycles. The van der Waals surface area contributed by atoms with E-state index in [1.54, 1.807) is 6.07 Å². The van der Waals surface area contributed by atoms with Gasteiger partial charge in [-0.1, -0.05) is 22.0 Å². The molecule has 0 aromatic heterocycles. The van der Waals surface area contributed by atoms with Gasteiger partial charge in [-0.2, -0.15) is 0 Å². The molecule has 0 saturated heterocycles. The van der Waals surface area contributed by atoms with Crippen LogP contribution >= 0.6 is 15.9 Å². The van der Waals surface area contributed by atoms with Crippen molar-refractivity contribution in [3.8, 4) is 0 Å². The number of anilines is 1. The fraction of sp³-hybridized carbons (Fsp3) is 0.0769. The molecule has 0 unspecified atom stereocenters. The smallest absolute Gasteiger partial charge is 0.292 e. The minimum atomic E-state index is -0.625. The van der Waals surface area contributed by atoms with Gasteiger partial charge in [0.15, 0.2) is 0 Å². The fourth-order valence-electron chi connectivity index (χ4n) is 1.66. The van der Waals surface area contributed by atoms with Gasteiger partial charge in [-0.05, 0) is 18.2 Å². The maximum atomic E-state index is 13.6. The molecule has 0 amide bonds. The van der Waals surface area contributed by atoms with Crippen molar-refractivity contribution in [1.29, 1.82) is 0 Å². The summed E-state index contributed by atoms with van der Waals surface area (Å²) in [6.45, 7) is 0.0173. The number of nitro groups is 1. The Morgan fingerprint density at radius 1 is 1.20 bits per heavy atom. The highest BCUT2D eigenvalue weighted by molar-refractivity contribution is 9.10. The molecule has 0 atom stereocenters. The molecule has 0 aliphatic carbocycles. The van der Waals surface area contributed by atoms with Gasteiger partial charge in [-0.25, -0.2) is 8.78 Å². The van der Waals surface area contributed by atoms with E-state index >= 15 is 0 Å². The Morgan fingerprint density at radius 3 is 2.60 bits per heavy atom. The maximum absolute atomic E-state index is 13.6. The summed E-state index contributed by atoms with van der Waals surface area (Å²) in [5, 5.41) is 13.5. The largest absolute Gasteiger partial charge is 0.375 e. The number of rotatable bonds is 4. The zero-order chi connectivity index (χ0) is 14.7. The number of nitrogens with one attached hydrogen (secondary N) is 1. The minimum Gasteiger partial charge on any atom is -0.375 e. The Balaban J connectivity index is 2.22. The van der Waals surface area contributed by atoms with Crippen LogP contribution < -0.4 is 5.32 Å². The predicted octanol–water partition coefficient (Wildman–Crippen LogP) is 4.25. The lowest BCUT2D eigenvalue weighted by Gasteiger charge is -2.08. The molecular formula is C13H9BrF2N2O2. The zero-order valence-corrected chi connectivity index (χ0v) is 11.7. The molecule has 104 valence electrons. The monoisotopic (exact) mass is 342 g/mol. The van der Waals surface area contributed by atoms with Gasteiger partial charge in [0.05, 0.1) is 4.92 Å². The van der Waals surface area contributed by atoms with Gasteiger partial charge in [0, 0.05) is 28.7 Å². The summed E-state index contributed by atoms with van der Waals surface area (Å²) in [7, 11) is 0. The van der Waals surface area contributed by atoms with Gasteiger partial charge in [0.1, 0.15) is 17.3 Å². The van der Waals surface area contributed by atoms with Gasteiger partial charge >= 0.3 is 0 Å². The molecule has 0 spiro atoms. The lowest BCUT2D eigenvalue weighted by Crippen LogP contribution is -2.04. The van der Waals surface area contributed by atoms with Crippen LogP contribution in [0.1, 0.15) is 5.56 Å². The Hall–Kier alpha value is -2.02. The lowest BCUT2D eigenvalue weighted by molar-refractivity contribution is -0.384. The van der Waals surface area contributed by atoms with Crippen molar-refractivity contribution >= 4 is 27.3 Å². The quantitative estimate of drug-likeness (QED) is 0.667. The molecule has 0 saturated carbocycles. The Morgan fingerprint density at radius 2 is 1.95 bits per heavy atom. The minimum absolute atomic E-state index is 0.0114. The highest BCUT2D eigenvalue weighted by atomic mass is 79.9. The van der Waals surface area contributed by atoms with Crippen LogP contribution in [0.3, 0.4) is 0 Å². The van der Waals surface area contributed by atoms with E-state index in [0.717, 1.165) is 18.2 Å². The SMILES string of the molecule is O=[N+]([O-])c1ccc(F)cc1NCc1ccc(Br)cc1F. The van der Waals surface area contributed by atoms with Crippen molar-refractivity contribution in [1.82, 2.24) is 0 Å². The van der Waals surface area contributed by atoms with Crippen molar-refractivity contribution in [3.63, 3.8) is 0 Å². The van der Waals surface area contributed by atoms with E-state index in [-0.39, 0.29) is 17.9 Å². The van der Waals surface area contributed by atoms with Crippen molar-refractivity contribution in [2.24, 2.45) is 0 Å². The van der Waals surface area contributed by atoms with Crippen LogP contribution in [0.4, 0.5) is 20.2 Å². The first kappa shape index (κ1) is 14.4. The summed E-state index contributed by atoms with van der Waals surface area (Å²) in [5.74, 6) is -1.06. The van der Waals surface area contributed by atoms with Crippen LogP contribution in [0, 0.1) is 21.7 Å². The summed E-state index contributed by atoms with van der Waals surface area (Å²) in [4.78, 5) is 10.2. The first-order valence-corrected chi connectivity index (χ1v) is 6.38. The molecule has 2 aromatic rings. The van der Waals surface area contributed by atoms with Crippen LogP contribution in [-0.4, -0.2) is 4.92 Å². The molecule has 0 radical (unpaired) electrons. The van der Waals surface area contributed by atoms with Crippen LogP contribution in [0.15, 0.2) is 40.9 Å². The standard InChI is InChI=1S/C13H9BrF2N2O2/c14-9-2-1-8(11(16)5-9)7-17-12-6-10(15)3-4-13(12)18(19)20/h1-6,17H,7H2. The highest BCUT2D eigenvalue weighted by Gasteiger charge is 2.14. The summed E-state index contributed by atoms with van der Waals surface area (Å²) in [5.41, 5.74) is 0.0768. The number of nitrogens with zero attached hydrogens (tertiary/aromatic N) is 1. The number of benzene rings is 2. The molecule has 2 rings (SSSR count). The third-order valence-corrected chi connectivity index (χ3v) is 3.13. The third kappa shape index (κ3) is 3.30. The predicted molar refractivity (Wildman–Crippen MR) is 74.5 cm³/mol. The average Bonchev–Trinajstić information content (AvgIpc) is 2.37. The number of halogens is 3. The molecular weight excluding hydrogens is 334 g/mol. The first-order chi connectivity index (χ1) is 9.47. The normalized spacial score (nSPS) is 10.3. The second kappa shape index (κ2) is 5.96. The molecule has 1 N–H and O–H groups in total. The Kier molecular flexibility index (Phi) is 4.29. The van der Waals surface area contributed by atoms with Crippen LogP contribution in [0.5, 0.6) is 0 Å². The second-order valence-corrected chi connectivity index (χ2v) is 4.92. The molecule has 20 heavy (non-hydrogen) atoms. The van der Waals surface area contributed by atoms with Crippen LogP contribution in [0.25, 0.3) is 0 Å². The van der Waals surface area contributed by atoms with Gasteiger partial charge in [-0.15, -0.1) is 0 Å². The second-order valence-electron chi connectivity index (χ2n) is 4.01. The van der Waals surface area contributed by atoms with Gasteiger partial charge in [-0.3, -0.25) is 10.1 Å².